The Morgan fingerprint density at radius 3 is 2.58 bits per heavy atom. The van der Waals surface area contributed by atoms with Gasteiger partial charge >= 0.3 is 6.03 Å². The van der Waals surface area contributed by atoms with Crippen LogP contribution in [0.2, 0.25) is 5.02 Å². The lowest BCUT2D eigenvalue weighted by Gasteiger charge is -2.40. The summed E-state index contributed by atoms with van der Waals surface area (Å²) in [4.78, 5) is 13.6. The van der Waals surface area contributed by atoms with Gasteiger partial charge in [0.25, 0.3) is 0 Å². The Hall–Kier alpha value is -2.24. The number of benzene rings is 2. The van der Waals surface area contributed by atoms with E-state index < -0.39 is 37.0 Å². The van der Waals surface area contributed by atoms with E-state index in [4.69, 9.17) is 11.6 Å². The van der Waals surface area contributed by atoms with Crippen molar-refractivity contribution in [1.29, 1.82) is 0 Å². The molecule has 2 amide bonds. The molecule has 10 heteroatoms. The molecule has 4 rings (SSSR count). The standard InChI is InChI=1S/C21H25ClN4O5/c22-12-2-1-3-13(9-12)24-21(31)23-10-11-4-5-14-15(8-11)20(30)26(19(14)29)16-6-7-17(27)25-18(16)28/h1-5,8-9,16-20,25,27-30H,6-7,10H2,(H2,23,24,31). The molecule has 0 radical (unpaired) electrons. The van der Waals surface area contributed by atoms with Gasteiger partial charge in [-0.05, 0) is 42.7 Å². The van der Waals surface area contributed by atoms with E-state index in [1.54, 1.807) is 42.5 Å². The number of carbonyl (C=O) groups excluding carboxylic acids is 1. The molecule has 0 spiro atoms. The second-order valence-corrected chi connectivity index (χ2v) is 8.18. The second-order valence-electron chi connectivity index (χ2n) is 7.75. The molecule has 2 aromatic carbocycles. The van der Waals surface area contributed by atoms with Gasteiger partial charge in [-0.1, -0.05) is 29.8 Å². The first-order valence-electron chi connectivity index (χ1n) is 10.0. The Morgan fingerprint density at radius 2 is 1.84 bits per heavy atom. The van der Waals surface area contributed by atoms with Crippen LogP contribution in [0.1, 0.15) is 42.0 Å². The van der Waals surface area contributed by atoms with Gasteiger partial charge in [0, 0.05) is 28.4 Å². The first kappa shape index (κ1) is 22.0. The summed E-state index contributed by atoms with van der Waals surface area (Å²) in [5.41, 5.74) is 2.36. The number of piperidine rings is 1. The van der Waals surface area contributed by atoms with E-state index in [1.807, 2.05) is 0 Å². The molecule has 9 nitrogen and oxygen atoms in total. The fourth-order valence-corrected chi connectivity index (χ4v) is 4.31. The Labute approximate surface area is 184 Å². The van der Waals surface area contributed by atoms with Gasteiger partial charge in [0.1, 0.15) is 24.9 Å². The number of fused-ring (bicyclic) bond motifs is 1. The van der Waals surface area contributed by atoms with Crippen LogP contribution < -0.4 is 16.0 Å². The van der Waals surface area contributed by atoms with Gasteiger partial charge < -0.3 is 31.1 Å². The largest absolute Gasteiger partial charge is 0.379 e. The van der Waals surface area contributed by atoms with E-state index in [-0.39, 0.29) is 6.54 Å². The summed E-state index contributed by atoms with van der Waals surface area (Å²) >= 11 is 5.91. The van der Waals surface area contributed by atoms with Crippen LogP contribution in [0.5, 0.6) is 0 Å². The highest BCUT2D eigenvalue weighted by Gasteiger charge is 2.44. The second kappa shape index (κ2) is 9.09. The van der Waals surface area contributed by atoms with Crippen LogP contribution in [0.15, 0.2) is 42.5 Å². The van der Waals surface area contributed by atoms with Gasteiger partial charge in [0.05, 0.1) is 6.04 Å². The zero-order valence-corrected chi connectivity index (χ0v) is 17.3. The number of aliphatic hydroxyl groups excluding tert-OH is 4. The maximum atomic E-state index is 12.2. The Balaban J connectivity index is 1.41. The Morgan fingerprint density at radius 1 is 1.06 bits per heavy atom. The molecule has 2 heterocycles. The number of nitrogens with zero attached hydrogens (tertiary/aromatic N) is 1. The molecule has 7 N–H and O–H groups in total. The number of rotatable bonds is 4. The van der Waals surface area contributed by atoms with E-state index in [1.165, 1.54) is 4.90 Å². The quantitative estimate of drug-likeness (QED) is 0.375. The maximum absolute atomic E-state index is 12.2. The van der Waals surface area contributed by atoms with Gasteiger partial charge in [-0.3, -0.25) is 5.32 Å². The molecule has 0 bridgehead atoms. The molecule has 166 valence electrons. The number of urea groups is 1. The van der Waals surface area contributed by atoms with Gasteiger partial charge in [0.15, 0.2) is 0 Å². The van der Waals surface area contributed by atoms with Crippen LogP contribution in [-0.4, -0.2) is 49.9 Å². The number of carbonyl (C=O) groups is 1. The first-order valence-corrected chi connectivity index (χ1v) is 10.4. The van der Waals surface area contributed by atoms with E-state index in [0.29, 0.717) is 34.7 Å². The minimum atomic E-state index is -1.12. The molecule has 0 aliphatic carbocycles. The molecule has 0 saturated carbocycles. The minimum Gasteiger partial charge on any atom is -0.379 e. The van der Waals surface area contributed by atoms with Gasteiger partial charge in [-0.15, -0.1) is 0 Å². The zero-order valence-electron chi connectivity index (χ0n) is 16.6. The lowest BCUT2D eigenvalue weighted by molar-refractivity contribution is -0.159. The normalized spacial score (nSPS) is 28.2. The van der Waals surface area contributed by atoms with E-state index in [2.05, 4.69) is 16.0 Å². The Kier molecular flexibility index (Phi) is 6.44. The smallest absolute Gasteiger partial charge is 0.319 e. The summed E-state index contributed by atoms with van der Waals surface area (Å²) in [6.07, 6.45) is -3.31. The van der Waals surface area contributed by atoms with Crippen molar-refractivity contribution in [2.24, 2.45) is 0 Å². The third-order valence-electron chi connectivity index (χ3n) is 5.65. The molecule has 5 atom stereocenters. The number of nitrogens with one attached hydrogen (secondary N) is 3. The molecule has 2 aliphatic heterocycles. The third kappa shape index (κ3) is 4.68. The van der Waals surface area contributed by atoms with Crippen molar-refractivity contribution < 1.29 is 25.2 Å². The van der Waals surface area contributed by atoms with Gasteiger partial charge in [-0.25, -0.2) is 9.69 Å². The van der Waals surface area contributed by atoms with Crippen LogP contribution in [0.4, 0.5) is 10.5 Å². The topological polar surface area (TPSA) is 137 Å². The van der Waals surface area contributed by atoms with Crippen molar-refractivity contribution in [2.45, 2.75) is 50.3 Å². The Bertz CT molecular complexity index is 961. The first-order chi connectivity index (χ1) is 14.8. The SMILES string of the molecule is O=C(NCc1ccc2c(c1)C(O)N(C1CCC(O)NC1O)C2O)Nc1cccc(Cl)c1. The number of halogens is 1. The average molecular weight is 449 g/mol. The molecule has 5 unspecified atom stereocenters. The predicted molar refractivity (Wildman–Crippen MR) is 114 cm³/mol. The fraction of sp³-hybridized carbons (Fsp3) is 0.381. The van der Waals surface area contributed by atoms with Crippen LogP contribution in [-0.2, 0) is 6.54 Å². The van der Waals surface area contributed by atoms with Gasteiger partial charge in [0.2, 0.25) is 0 Å². The van der Waals surface area contributed by atoms with Crippen molar-refractivity contribution in [3.63, 3.8) is 0 Å². The summed E-state index contributed by atoms with van der Waals surface area (Å²) in [5, 5.41) is 50.0. The van der Waals surface area contributed by atoms with Crippen molar-refractivity contribution >= 4 is 23.3 Å². The lowest BCUT2D eigenvalue weighted by Crippen LogP contribution is -2.57. The summed E-state index contributed by atoms with van der Waals surface area (Å²) in [6.45, 7) is 0.211. The number of aliphatic hydroxyl groups is 4. The molecule has 1 saturated heterocycles. The molecule has 2 aliphatic rings. The zero-order chi connectivity index (χ0) is 22.1. The number of hydrogen-bond acceptors (Lipinski definition) is 7. The van der Waals surface area contributed by atoms with E-state index >= 15 is 0 Å². The number of anilines is 1. The molecule has 1 fully saturated rings. The molecule has 31 heavy (non-hydrogen) atoms. The fourth-order valence-electron chi connectivity index (χ4n) is 4.12. The van der Waals surface area contributed by atoms with Crippen molar-refractivity contribution in [3.05, 3.63) is 64.2 Å². The monoisotopic (exact) mass is 448 g/mol. The van der Waals surface area contributed by atoms with Crippen molar-refractivity contribution in [2.75, 3.05) is 5.32 Å². The minimum absolute atomic E-state index is 0.211. The van der Waals surface area contributed by atoms with Crippen molar-refractivity contribution in [1.82, 2.24) is 15.5 Å². The predicted octanol–water partition coefficient (Wildman–Crippen LogP) is 1.35. The summed E-state index contributed by atoms with van der Waals surface area (Å²) in [5.74, 6) is 0. The summed E-state index contributed by atoms with van der Waals surface area (Å²) < 4.78 is 0. The summed E-state index contributed by atoms with van der Waals surface area (Å²) in [6, 6.07) is 11.0. The lowest BCUT2D eigenvalue weighted by atomic mass is 10.0. The number of amides is 2. The molecule has 0 aromatic heterocycles. The third-order valence-corrected chi connectivity index (χ3v) is 5.89. The number of hydrogen-bond donors (Lipinski definition) is 7. The highest BCUT2D eigenvalue weighted by molar-refractivity contribution is 6.30. The molecular formula is C21H25ClN4O5. The van der Waals surface area contributed by atoms with E-state index in [0.717, 1.165) is 5.56 Å². The average Bonchev–Trinajstić information content (AvgIpc) is 2.97. The maximum Gasteiger partial charge on any atom is 0.319 e. The van der Waals surface area contributed by atoms with Crippen molar-refractivity contribution in [3.8, 4) is 0 Å². The van der Waals surface area contributed by atoms with Crippen LogP contribution >= 0.6 is 11.6 Å². The molecular weight excluding hydrogens is 424 g/mol. The van der Waals surface area contributed by atoms with Crippen LogP contribution in [0.25, 0.3) is 0 Å². The van der Waals surface area contributed by atoms with Crippen LogP contribution in [0, 0.1) is 0 Å². The van der Waals surface area contributed by atoms with Crippen LogP contribution in [0.3, 0.4) is 0 Å². The highest BCUT2D eigenvalue weighted by atomic mass is 35.5. The summed E-state index contributed by atoms with van der Waals surface area (Å²) in [7, 11) is 0. The van der Waals surface area contributed by atoms with E-state index in [9.17, 15) is 25.2 Å². The highest BCUT2D eigenvalue weighted by Crippen LogP contribution is 2.42. The van der Waals surface area contributed by atoms with Gasteiger partial charge in [-0.2, -0.15) is 0 Å². The molecule has 2 aromatic rings.